The van der Waals surface area contributed by atoms with Crippen LogP contribution in [0.5, 0.6) is 0 Å². The van der Waals surface area contributed by atoms with E-state index >= 15 is 0 Å². The van der Waals surface area contributed by atoms with Gasteiger partial charge in [-0.05, 0) is 62.5 Å². The van der Waals surface area contributed by atoms with Gasteiger partial charge in [0.15, 0.2) is 0 Å². The molecule has 0 amide bonds. The summed E-state index contributed by atoms with van der Waals surface area (Å²) in [7, 11) is -3.54. The smallest absolute Gasteiger partial charge is 0.200 e. The molecule has 0 radical (unpaired) electrons. The van der Waals surface area contributed by atoms with Crippen molar-refractivity contribution in [1.82, 2.24) is 4.83 Å². The normalized spacial score (nSPS) is 35.0. The third-order valence-corrected chi connectivity index (χ3v) is 7.07. The van der Waals surface area contributed by atoms with E-state index in [0.29, 0.717) is 5.92 Å². The summed E-state index contributed by atoms with van der Waals surface area (Å²) in [4.78, 5) is 2.74. The second kappa shape index (κ2) is 5.08. The lowest BCUT2D eigenvalue weighted by atomic mass is 9.81. The van der Waals surface area contributed by atoms with Gasteiger partial charge in [-0.15, -0.1) is 0 Å². The molecule has 3 fully saturated rings. The van der Waals surface area contributed by atoms with E-state index in [1.165, 1.54) is 25.7 Å². The van der Waals surface area contributed by atoms with Crippen LogP contribution < -0.4 is 4.83 Å². The maximum Gasteiger partial charge on any atom is 0.276 e. The average Bonchev–Trinajstić information content (AvgIpc) is 3.18. The van der Waals surface area contributed by atoms with Crippen LogP contribution in [0, 0.1) is 30.6 Å². The Morgan fingerprint density at radius 3 is 2.64 bits per heavy atom. The molecular formula is C17H22N2O2S. The number of nitrogens with one attached hydrogen (secondary N) is 1. The van der Waals surface area contributed by atoms with E-state index in [1.54, 1.807) is 12.1 Å². The molecule has 0 aromatic heterocycles. The molecule has 4 atom stereocenters. The van der Waals surface area contributed by atoms with Crippen molar-refractivity contribution in [3.8, 4) is 0 Å². The molecule has 22 heavy (non-hydrogen) atoms. The van der Waals surface area contributed by atoms with Crippen LogP contribution in [-0.4, -0.2) is 14.1 Å². The minimum atomic E-state index is -3.54. The zero-order chi connectivity index (χ0) is 15.3. The molecule has 5 heteroatoms. The molecule has 1 N–H and O–H groups in total. The number of hydrogen-bond acceptors (Lipinski definition) is 3. The lowest BCUT2D eigenvalue weighted by Gasteiger charge is -2.25. The summed E-state index contributed by atoms with van der Waals surface area (Å²) in [6.07, 6.45) is 6.22. The first kappa shape index (κ1) is 14.2. The number of hydrazone groups is 1. The molecule has 1 aromatic carbocycles. The van der Waals surface area contributed by atoms with Crippen LogP contribution in [0.2, 0.25) is 0 Å². The predicted octanol–water partition coefficient (Wildman–Crippen LogP) is 3.09. The van der Waals surface area contributed by atoms with Gasteiger partial charge in [0.1, 0.15) is 0 Å². The molecule has 0 unspecified atom stereocenters. The quantitative estimate of drug-likeness (QED) is 0.871. The highest BCUT2D eigenvalue weighted by atomic mass is 32.2. The lowest BCUT2D eigenvalue weighted by molar-refractivity contribution is 0.333. The van der Waals surface area contributed by atoms with Crippen LogP contribution in [0.4, 0.5) is 0 Å². The van der Waals surface area contributed by atoms with Gasteiger partial charge in [-0.2, -0.15) is 13.5 Å². The molecule has 118 valence electrons. The van der Waals surface area contributed by atoms with Crippen molar-refractivity contribution in [2.45, 2.75) is 43.9 Å². The number of nitrogens with zero attached hydrogens (tertiary/aromatic N) is 1. The highest BCUT2D eigenvalue weighted by Gasteiger charge is 2.52. The van der Waals surface area contributed by atoms with Gasteiger partial charge in [0.05, 0.1) is 4.90 Å². The summed E-state index contributed by atoms with van der Waals surface area (Å²) < 4.78 is 24.6. The summed E-state index contributed by atoms with van der Waals surface area (Å²) >= 11 is 0. The monoisotopic (exact) mass is 318 g/mol. The first-order valence-electron chi connectivity index (χ1n) is 8.19. The fraction of sp³-hybridized carbons (Fsp3) is 0.588. The van der Waals surface area contributed by atoms with E-state index in [1.807, 2.05) is 19.1 Å². The first-order valence-corrected chi connectivity index (χ1v) is 9.68. The van der Waals surface area contributed by atoms with Crippen LogP contribution in [-0.2, 0) is 10.0 Å². The fourth-order valence-corrected chi connectivity index (χ4v) is 5.67. The first-order chi connectivity index (χ1) is 10.5. The summed E-state index contributed by atoms with van der Waals surface area (Å²) in [5, 5.41) is 4.32. The summed E-state index contributed by atoms with van der Waals surface area (Å²) in [6, 6.07) is 6.88. The maximum absolute atomic E-state index is 12.3. The molecule has 4 rings (SSSR count). The highest BCUT2D eigenvalue weighted by Crippen LogP contribution is 2.57. The number of aryl methyl sites for hydroxylation is 1. The van der Waals surface area contributed by atoms with E-state index in [4.69, 9.17) is 0 Å². The lowest BCUT2D eigenvalue weighted by Crippen LogP contribution is -2.28. The Balaban J connectivity index is 1.51. The van der Waals surface area contributed by atoms with Crippen molar-refractivity contribution in [2.24, 2.45) is 28.8 Å². The van der Waals surface area contributed by atoms with Gasteiger partial charge < -0.3 is 0 Å². The number of sulfonamides is 1. The van der Waals surface area contributed by atoms with E-state index in [9.17, 15) is 8.42 Å². The summed E-state index contributed by atoms with van der Waals surface area (Å²) in [5.41, 5.74) is 2.13. The third kappa shape index (κ3) is 2.26. The van der Waals surface area contributed by atoms with Gasteiger partial charge in [-0.25, -0.2) is 4.83 Å². The van der Waals surface area contributed by atoms with Crippen molar-refractivity contribution < 1.29 is 8.42 Å². The molecule has 4 nitrogen and oxygen atoms in total. The van der Waals surface area contributed by atoms with Crippen molar-refractivity contribution in [1.29, 1.82) is 0 Å². The van der Waals surface area contributed by atoms with E-state index in [2.05, 4.69) is 9.93 Å². The minimum absolute atomic E-state index is 0.282. The van der Waals surface area contributed by atoms with Gasteiger partial charge in [0.25, 0.3) is 10.0 Å². The van der Waals surface area contributed by atoms with Crippen molar-refractivity contribution in [3.63, 3.8) is 0 Å². The zero-order valence-corrected chi connectivity index (χ0v) is 13.6. The average molecular weight is 318 g/mol. The number of hydrogen-bond donors (Lipinski definition) is 1. The summed E-state index contributed by atoms with van der Waals surface area (Å²) in [6.45, 7) is 1.94. The summed E-state index contributed by atoms with van der Waals surface area (Å²) in [5.74, 6) is 2.93. The van der Waals surface area contributed by atoms with E-state index in [-0.39, 0.29) is 4.90 Å². The van der Waals surface area contributed by atoms with Crippen LogP contribution >= 0.6 is 0 Å². The number of rotatable bonds is 3. The Bertz CT molecular complexity index is 709. The predicted molar refractivity (Wildman–Crippen MR) is 86.0 cm³/mol. The van der Waals surface area contributed by atoms with Crippen molar-refractivity contribution >= 4 is 15.7 Å². The van der Waals surface area contributed by atoms with Gasteiger partial charge >= 0.3 is 0 Å². The molecule has 0 saturated heterocycles. The van der Waals surface area contributed by atoms with Gasteiger partial charge in [0.2, 0.25) is 0 Å². The molecule has 3 aliphatic carbocycles. The number of benzene rings is 1. The Kier molecular flexibility index (Phi) is 3.29. The maximum atomic E-state index is 12.3. The van der Waals surface area contributed by atoms with Gasteiger partial charge in [-0.1, -0.05) is 24.1 Å². The SMILES string of the molecule is Cc1ccc(S(=O)(=O)N/N=C2\C[C@@H]3C[C@@H]2[C@H]2CCC[C@H]32)cc1. The van der Waals surface area contributed by atoms with Crippen LogP contribution in [0.1, 0.15) is 37.7 Å². The van der Waals surface area contributed by atoms with Gasteiger partial charge in [0, 0.05) is 11.6 Å². The van der Waals surface area contributed by atoms with Crippen molar-refractivity contribution in [3.05, 3.63) is 29.8 Å². The second-order valence-electron chi connectivity index (χ2n) is 7.08. The van der Waals surface area contributed by atoms with Crippen LogP contribution in [0.3, 0.4) is 0 Å². The zero-order valence-electron chi connectivity index (χ0n) is 12.8. The topological polar surface area (TPSA) is 58.5 Å². The minimum Gasteiger partial charge on any atom is -0.200 e. The Morgan fingerprint density at radius 1 is 1.14 bits per heavy atom. The molecule has 0 aliphatic heterocycles. The van der Waals surface area contributed by atoms with E-state index < -0.39 is 10.0 Å². The van der Waals surface area contributed by atoms with E-state index in [0.717, 1.165) is 35.4 Å². The fourth-order valence-electron chi connectivity index (χ4n) is 4.83. The molecule has 0 spiro atoms. The Labute approximate surface area is 132 Å². The van der Waals surface area contributed by atoms with Gasteiger partial charge in [-0.3, -0.25) is 0 Å². The Morgan fingerprint density at radius 2 is 1.86 bits per heavy atom. The largest absolute Gasteiger partial charge is 0.276 e. The molecular weight excluding hydrogens is 296 g/mol. The number of fused-ring (bicyclic) bond motifs is 5. The standard InChI is InChI=1S/C17H22N2O2S/c1-11-5-7-13(8-6-11)22(20,21)19-18-17-10-12-9-16(17)15-4-2-3-14(12)15/h5-8,12,14-16,19H,2-4,9-10H2,1H3/b18-17+/t12-,14+,15-,16+/m0/s1. The highest BCUT2D eigenvalue weighted by molar-refractivity contribution is 7.89. The molecule has 3 saturated carbocycles. The van der Waals surface area contributed by atoms with Crippen LogP contribution in [0.25, 0.3) is 0 Å². The van der Waals surface area contributed by atoms with Crippen molar-refractivity contribution in [2.75, 3.05) is 0 Å². The second-order valence-corrected chi connectivity index (χ2v) is 8.74. The molecule has 2 bridgehead atoms. The molecule has 1 aromatic rings. The molecule has 0 heterocycles. The Hall–Kier alpha value is -1.36. The molecule has 3 aliphatic rings. The van der Waals surface area contributed by atoms with Crippen LogP contribution in [0.15, 0.2) is 34.3 Å². The third-order valence-electron chi connectivity index (χ3n) is 5.84.